The van der Waals surface area contributed by atoms with Crippen LogP contribution in [-0.4, -0.2) is 22.3 Å². The van der Waals surface area contributed by atoms with Crippen molar-refractivity contribution in [3.8, 4) is 5.75 Å². The zero-order valence-corrected chi connectivity index (χ0v) is 14.9. The molecule has 5 nitrogen and oxygen atoms in total. The van der Waals surface area contributed by atoms with Gasteiger partial charge in [0.05, 0.1) is 6.54 Å². The van der Waals surface area contributed by atoms with Crippen molar-refractivity contribution in [1.82, 2.24) is 9.78 Å². The van der Waals surface area contributed by atoms with E-state index in [1.54, 1.807) is 35.1 Å². The summed E-state index contributed by atoms with van der Waals surface area (Å²) in [6.07, 6.45) is 5.08. The Bertz CT molecular complexity index is 919. The van der Waals surface area contributed by atoms with Gasteiger partial charge in [-0.2, -0.15) is 5.10 Å². The van der Waals surface area contributed by atoms with Gasteiger partial charge in [0, 0.05) is 30.2 Å². The lowest BCUT2D eigenvalue weighted by Gasteiger charge is -2.09. The van der Waals surface area contributed by atoms with E-state index in [-0.39, 0.29) is 11.7 Å². The van der Waals surface area contributed by atoms with Crippen molar-refractivity contribution in [3.05, 3.63) is 84.4 Å². The fourth-order valence-corrected chi connectivity index (χ4v) is 2.52. The molecular formula is C21H20FN3O2. The van der Waals surface area contributed by atoms with Gasteiger partial charge >= 0.3 is 0 Å². The second-order valence-corrected chi connectivity index (χ2v) is 5.97. The van der Waals surface area contributed by atoms with Crippen LogP contribution < -0.4 is 10.1 Å². The molecular weight excluding hydrogens is 345 g/mol. The van der Waals surface area contributed by atoms with Crippen LogP contribution in [0.25, 0.3) is 5.57 Å². The van der Waals surface area contributed by atoms with Gasteiger partial charge in [0.2, 0.25) is 5.91 Å². The highest BCUT2D eigenvalue weighted by molar-refractivity contribution is 6.03. The molecule has 0 radical (unpaired) electrons. The molecule has 0 bridgehead atoms. The minimum atomic E-state index is -0.305. The van der Waals surface area contributed by atoms with Crippen molar-refractivity contribution >= 4 is 17.2 Å². The van der Waals surface area contributed by atoms with E-state index in [0.29, 0.717) is 24.6 Å². The third kappa shape index (κ3) is 5.54. The fraction of sp³-hybridized carbons (Fsp3) is 0.143. The van der Waals surface area contributed by atoms with Crippen LogP contribution in [0.5, 0.6) is 5.75 Å². The van der Waals surface area contributed by atoms with Crippen molar-refractivity contribution in [2.24, 2.45) is 0 Å². The summed E-state index contributed by atoms with van der Waals surface area (Å²) in [5, 5.41) is 6.93. The number of carbonyl (C=O) groups is 1. The van der Waals surface area contributed by atoms with Crippen molar-refractivity contribution in [2.75, 3.05) is 11.9 Å². The number of anilines is 1. The summed E-state index contributed by atoms with van der Waals surface area (Å²) in [6.45, 7) is 2.92. The molecule has 2 aromatic carbocycles. The van der Waals surface area contributed by atoms with Crippen LogP contribution in [-0.2, 0) is 11.3 Å². The first-order chi connectivity index (χ1) is 13.1. The number of amides is 1. The summed E-state index contributed by atoms with van der Waals surface area (Å²) >= 11 is 0. The number of nitrogens with zero attached hydrogens (tertiary/aromatic N) is 2. The number of ether oxygens (including phenoxy) is 1. The first-order valence-corrected chi connectivity index (χ1v) is 8.56. The van der Waals surface area contributed by atoms with Crippen molar-refractivity contribution in [3.63, 3.8) is 0 Å². The van der Waals surface area contributed by atoms with Crippen LogP contribution in [0.15, 0.2) is 73.1 Å². The van der Waals surface area contributed by atoms with Gasteiger partial charge in [0.25, 0.3) is 0 Å². The van der Waals surface area contributed by atoms with Gasteiger partial charge in [-0.05, 0) is 48.4 Å². The number of aromatic nitrogens is 2. The maximum absolute atomic E-state index is 13.0. The number of carbonyl (C=O) groups excluding carboxylic acids is 1. The fourth-order valence-electron chi connectivity index (χ4n) is 2.52. The van der Waals surface area contributed by atoms with Crippen LogP contribution in [0.4, 0.5) is 10.1 Å². The van der Waals surface area contributed by atoms with E-state index in [4.69, 9.17) is 4.74 Å². The first-order valence-electron chi connectivity index (χ1n) is 8.56. The molecule has 3 rings (SSSR count). The Balaban J connectivity index is 1.57. The molecule has 1 N–H and O–H groups in total. The van der Waals surface area contributed by atoms with Crippen LogP contribution in [0, 0.1) is 5.82 Å². The topological polar surface area (TPSA) is 56.1 Å². The average Bonchev–Trinajstić information content (AvgIpc) is 3.16. The number of hydrogen-bond acceptors (Lipinski definition) is 3. The Hall–Kier alpha value is -3.41. The van der Waals surface area contributed by atoms with Gasteiger partial charge in [-0.1, -0.05) is 18.2 Å². The number of benzene rings is 2. The lowest BCUT2D eigenvalue weighted by molar-refractivity contribution is -0.111. The summed E-state index contributed by atoms with van der Waals surface area (Å²) < 4.78 is 20.5. The van der Waals surface area contributed by atoms with Crippen LogP contribution in [0.2, 0.25) is 0 Å². The van der Waals surface area contributed by atoms with Gasteiger partial charge < -0.3 is 10.1 Å². The SMILES string of the molecule is C/C(=C\C(=O)Nc1cccc(OCCn2cccn2)c1)c1ccc(F)cc1. The molecule has 1 amide bonds. The maximum Gasteiger partial charge on any atom is 0.248 e. The lowest BCUT2D eigenvalue weighted by atomic mass is 10.1. The Morgan fingerprint density at radius 2 is 2.04 bits per heavy atom. The predicted molar refractivity (Wildman–Crippen MR) is 103 cm³/mol. The van der Waals surface area contributed by atoms with E-state index in [1.807, 2.05) is 31.3 Å². The molecule has 3 aromatic rings. The molecule has 0 aliphatic rings. The minimum Gasteiger partial charge on any atom is -0.492 e. The quantitative estimate of drug-likeness (QED) is 0.640. The van der Waals surface area contributed by atoms with E-state index in [0.717, 1.165) is 11.1 Å². The molecule has 0 atom stereocenters. The van der Waals surface area contributed by atoms with Gasteiger partial charge in [0.1, 0.15) is 18.2 Å². The Kier molecular flexibility index (Phi) is 5.99. The van der Waals surface area contributed by atoms with E-state index >= 15 is 0 Å². The minimum absolute atomic E-state index is 0.259. The van der Waals surface area contributed by atoms with Crippen molar-refractivity contribution < 1.29 is 13.9 Å². The monoisotopic (exact) mass is 365 g/mol. The molecule has 6 heteroatoms. The number of allylic oxidation sites excluding steroid dienone is 1. The summed E-state index contributed by atoms with van der Waals surface area (Å²) in [5.74, 6) is 0.102. The molecule has 0 saturated heterocycles. The predicted octanol–water partition coefficient (Wildman–Crippen LogP) is 4.14. The molecule has 138 valence electrons. The van der Waals surface area contributed by atoms with Gasteiger partial charge in [0.15, 0.2) is 0 Å². The normalized spacial score (nSPS) is 11.3. The first kappa shape index (κ1) is 18.4. The standard InChI is InChI=1S/C21H20FN3O2/c1-16(17-6-8-18(22)9-7-17)14-21(26)24-19-4-2-5-20(15-19)27-13-12-25-11-3-10-23-25/h2-11,14-15H,12-13H2,1H3,(H,24,26)/b16-14+. The second-order valence-electron chi connectivity index (χ2n) is 5.97. The van der Waals surface area contributed by atoms with E-state index < -0.39 is 0 Å². The van der Waals surface area contributed by atoms with Crippen LogP contribution >= 0.6 is 0 Å². The zero-order valence-electron chi connectivity index (χ0n) is 14.9. The molecule has 0 aliphatic heterocycles. The number of rotatable bonds is 7. The van der Waals surface area contributed by atoms with Crippen LogP contribution in [0.3, 0.4) is 0 Å². The number of halogens is 1. The molecule has 1 heterocycles. The highest BCUT2D eigenvalue weighted by Crippen LogP contribution is 2.18. The molecule has 0 unspecified atom stereocenters. The summed E-state index contributed by atoms with van der Waals surface area (Å²) in [5.41, 5.74) is 2.18. The number of nitrogens with one attached hydrogen (secondary N) is 1. The van der Waals surface area contributed by atoms with E-state index in [2.05, 4.69) is 10.4 Å². The van der Waals surface area contributed by atoms with Gasteiger partial charge in [-0.25, -0.2) is 4.39 Å². The van der Waals surface area contributed by atoms with E-state index in [1.165, 1.54) is 18.2 Å². The highest BCUT2D eigenvalue weighted by Gasteiger charge is 2.04. The molecule has 0 aliphatic carbocycles. The summed E-state index contributed by atoms with van der Waals surface area (Å²) in [4.78, 5) is 12.2. The third-order valence-corrected chi connectivity index (χ3v) is 3.90. The zero-order chi connectivity index (χ0) is 19.1. The van der Waals surface area contributed by atoms with Gasteiger partial charge in [-0.15, -0.1) is 0 Å². The molecule has 0 saturated carbocycles. The molecule has 0 spiro atoms. The second kappa shape index (κ2) is 8.80. The summed E-state index contributed by atoms with van der Waals surface area (Å²) in [6, 6.07) is 15.1. The summed E-state index contributed by atoms with van der Waals surface area (Å²) in [7, 11) is 0. The largest absolute Gasteiger partial charge is 0.492 e. The molecule has 0 fully saturated rings. The molecule has 1 aromatic heterocycles. The van der Waals surface area contributed by atoms with Crippen molar-refractivity contribution in [2.45, 2.75) is 13.5 Å². The Labute approximate surface area is 157 Å². The smallest absolute Gasteiger partial charge is 0.248 e. The highest BCUT2D eigenvalue weighted by atomic mass is 19.1. The van der Waals surface area contributed by atoms with Crippen LogP contribution in [0.1, 0.15) is 12.5 Å². The lowest BCUT2D eigenvalue weighted by Crippen LogP contribution is -2.10. The maximum atomic E-state index is 13.0. The van der Waals surface area contributed by atoms with Crippen molar-refractivity contribution in [1.29, 1.82) is 0 Å². The van der Waals surface area contributed by atoms with E-state index in [9.17, 15) is 9.18 Å². The molecule has 27 heavy (non-hydrogen) atoms. The third-order valence-electron chi connectivity index (χ3n) is 3.90. The van der Waals surface area contributed by atoms with Gasteiger partial charge in [-0.3, -0.25) is 9.48 Å². The Morgan fingerprint density at radius 3 is 2.78 bits per heavy atom. The Morgan fingerprint density at radius 1 is 1.22 bits per heavy atom. The average molecular weight is 365 g/mol. The number of hydrogen-bond donors (Lipinski definition) is 1.